The Bertz CT molecular complexity index is 1280. The summed E-state index contributed by atoms with van der Waals surface area (Å²) < 4.78 is 25.5. The highest BCUT2D eigenvalue weighted by Gasteiger charge is 2.46. The molecule has 0 aromatic heterocycles. The molecule has 5 amide bonds. The number of ketones is 1. The molecule has 4 atom stereocenters. The summed E-state index contributed by atoms with van der Waals surface area (Å²) in [6.07, 6.45) is 7.34. The number of carbonyl (C=O) groups excluding carboxylic acids is 5. The van der Waals surface area contributed by atoms with E-state index in [-0.39, 0.29) is 24.3 Å². The van der Waals surface area contributed by atoms with E-state index in [1.807, 2.05) is 34.6 Å². The average Bonchev–Trinajstić information content (AvgIpc) is 3.68. The molecule has 12 nitrogen and oxygen atoms in total. The Morgan fingerprint density at radius 2 is 1.55 bits per heavy atom. The van der Waals surface area contributed by atoms with Crippen LogP contribution < -0.4 is 21.3 Å². The van der Waals surface area contributed by atoms with Crippen molar-refractivity contribution in [1.82, 2.24) is 26.2 Å². The fourth-order valence-electron chi connectivity index (χ4n) is 6.46. The molecular weight excluding hydrogens is 622 g/mol. The maximum Gasteiger partial charge on any atom is 0.315 e. The third-order valence-corrected chi connectivity index (χ3v) is 12.5. The van der Waals surface area contributed by atoms with E-state index in [9.17, 15) is 32.4 Å². The molecule has 2 saturated carbocycles. The molecule has 0 radical (unpaired) electrons. The number of nitrogens with one attached hydrogen (secondary N) is 4. The van der Waals surface area contributed by atoms with Gasteiger partial charge in [-0.1, -0.05) is 66.7 Å². The first kappa shape index (κ1) is 38.7. The van der Waals surface area contributed by atoms with Crippen molar-refractivity contribution in [2.45, 2.75) is 160 Å². The molecule has 47 heavy (non-hydrogen) atoms. The molecule has 3 aliphatic rings. The highest BCUT2D eigenvalue weighted by Crippen LogP contribution is 2.33. The minimum absolute atomic E-state index is 0.00712. The zero-order valence-electron chi connectivity index (χ0n) is 29.8. The minimum Gasteiger partial charge on any atom is -0.347 e. The number of carbonyl (C=O) groups is 5. The van der Waals surface area contributed by atoms with E-state index < -0.39 is 73.2 Å². The zero-order valence-corrected chi connectivity index (χ0v) is 30.6. The van der Waals surface area contributed by atoms with Gasteiger partial charge in [-0.05, 0) is 70.6 Å². The van der Waals surface area contributed by atoms with Crippen molar-refractivity contribution in [3.8, 4) is 0 Å². The van der Waals surface area contributed by atoms with Gasteiger partial charge in [0.25, 0.3) is 5.91 Å². The summed E-state index contributed by atoms with van der Waals surface area (Å²) in [7, 11) is -3.55. The monoisotopic (exact) mass is 681 g/mol. The Hall–Kier alpha value is -2.70. The highest BCUT2D eigenvalue weighted by atomic mass is 32.2. The second kappa shape index (κ2) is 15.2. The molecule has 2 aliphatic carbocycles. The first-order chi connectivity index (χ1) is 21.7. The van der Waals surface area contributed by atoms with Gasteiger partial charge in [0.05, 0.1) is 22.1 Å². The lowest BCUT2D eigenvalue weighted by molar-refractivity contribution is -0.144. The van der Waals surface area contributed by atoms with E-state index in [1.165, 1.54) is 4.90 Å². The summed E-state index contributed by atoms with van der Waals surface area (Å²) in [6, 6.07) is -3.51. The molecule has 0 aromatic carbocycles. The zero-order chi connectivity index (χ0) is 35.4. The van der Waals surface area contributed by atoms with E-state index >= 15 is 0 Å². The van der Waals surface area contributed by atoms with Crippen LogP contribution in [0.2, 0.25) is 0 Å². The maximum absolute atomic E-state index is 14.2. The van der Waals surface area contributed by atoms with Crippen LogP contribution in [0.5, 0.6) is 0 Å². The Morgan fingerprint density at radius 1 is 0.936 bits per heavy atom. The topological polar surface area (TPSA) is 171 Å². The first-order valence-electron chi connectivity index (χ1n) is 17.5. The number of urea groups is 1. The van der Waals surface area contributed by atoms with Gasteiger partial charge in [0.1, 0.15) is 12.1 Å². The lowest BCUT2D eigenvalue weighted by Crippen LogP contribution is -2.63. The predicted octanol–water partition coefficient (Wildman–Crippen LogP) is 3.38. The third-order valence-electron chi connectivity index (χ3n) is 9.69. The number of amides is 5. The molecular formula is C34H59N5O7S. The van der Waals surface area contributed by atoms with E-state index in [0.29, 0.717) is 32.1 Å². The predicted molar refractivity (Wildman–Crippen MR) is 181 cm³/mol. The standard InChI is InChI=1S/C34H59N5O7S/c1-9-10-14-24(26(40)29(42)35-23-15-16-23)36-28(41)25-19-22(2)20-39(25)30(43)27(32(3,4)5)37-31(44)38-34(17-12-11-13-18-34)21-47(45,46)33(6,7)8/h22-25,27H,9-21H2,1-8H3,(H,35,42)(H,36,41)(H2,37,38,44)/t22-,24+,25+,27-/m1/s1. The molecule has 0 unspecified atom stereocenters. The number of Topliss-reactive ketones (excluding diaryl/α,β-unsaturated/α-hetero) is 1. The Kier molecular flexibility index (Phi) is 12.6. The Morgan fingerprint density at radius 3 is 2.09 bits per heavy atom. The second-order valence-electron chi connectivity index (χ2n) is 16.3. The van der Waals surface area contributed by atoms with Gasteiger partial charge in [0.15, 0.2) is 9.84 Å². The lowest BCUT2D eigenvalue weighted by Gasteiger charge is -2.41. The molecule has 268 valence electrons. The Balaban J connectivity index is 1.79. The summed E-state index contributed by atoms with van der Waals surface area (Å²) in [4.78, 5) is 68.6. The van der Waals surface area contributed by atoms with Gasteiger partial charge in [0.2, 0.25) is 17.6 Å². The van der Waals surface area contributed by atoms with E-state index in [2.05, 4.69) is 21.3 Å². The molecule has 1 heterocycles. The van der Waals surface area contributed by atoms with Crippen molar-refractivity contribution in [2.24, 2.45) is 11.3 Å². The van der Waals surface area contributed by atoms with Gasteiger partial charge in [0, 0.05) is 12.6 Å². The smallest absolute Gasteiger partial charge is 0.315 e. The van der Waals surface area contributed by atoms with Crippen molar-refractivity contribution >= 4 is 39.4 Å². The fraction of sp³-hybridized carbons (Fsp3) is 0.853. The third kappa shape index (κ3) is 10.4. The normalized spacial score (nSPS) is 22.9. The summed E-state index contributed by atoms with van der Waals surface area (Å²) >= 11 is 0. The molecule has 4 N–H and O–H groups in total. The van der Waals surface area contributed by atoms with Crippen LogP contribution in [-0.2, 0) is 29.0 Å². The van der Waals surface area contributed by atoms with Crippen molar-refractivity contribution in [3.05, 3.63) is 0 Å². The molecule has 0 bridgehead atoms. The number of likely N-dealkylation sites (tertiary alicyclic amines) is 1. The average molecular weight is 682 g/mol. The van der Waals surface area contributed by atoms with Crippen LogP contribution in [-0.4, -0.2) is 89.6 Å². The largest absolute Gasteiger partial charge is 0.347 e. The first-order valence-corrected chi connectivity index (χ1v) is 19.1. The SMILES string of the molecule is CCCC[C@H](NC(=O)[C@@H]1C[C@@H](C)CN1C(=O)[C@@H](NC(=O)NC1(CS(=O)(=O)C(C)(C)C)CCCCC1)C(C)(C)C)C(=O)C(=O)NC1CC1. The lowest BCUT2D eigenvalue weighted by atomic mass is 9.83. The van der Waals surface area contributed by atoms with E-state index in [4.69, 9.17) is 0 Å². The number of nitrogens with zero attached hydrogens (tertiary/aromatic N) is 1. The van der Waals surface area contributed by atoms with Crippen LogP contribution >= 0.6 is 0 Å². The molecule has 3 rings (SSSR count). The van der Waals surface area contributed by atoms with Crippen LogP contribution in [0.4, 0.5) is 4.79 Å². The quantitative estimate of drug-likeness (QED) is 0.216. The van der Waals surface area contributed by atoms with Gasteiger partial charge in [-0.2, -0.15) is 0 Å². The van der Waals surface area contributed by atoms with Gasteiger partial charge in [-0.3, -0.25) is 19.2 Å². The molecule has 13 heteroatoms. The van der Waals surface area contributed by atoms with Crippen LogP contribution in [0.25, 0.3) is 0 Å². The summed E-state index contributed by atoms with van der Waals surface area (Å²) in [5, 5.41) is 11.3. The van der Waals surface area contributed by atoms with Crippen LogP contribution in [0.3, 0.4) is 0 Å². The summed E-state index contributed by atoms with van der Waals surface area (Å²) in [6.45, 7) is 14.6. The number of unbranched alkanes of at least 4 members (excludes halogenated alkanes) is 1. The Labute approximate surface area is 281 Å². The molecule has 1 saturated heterocycles. The molecule has 1 aliphatic heterocycles. The molecule has 3 fully saturated rings. The van der Waals surface area contributed by atoms with E-state index in [1.54, 1.807) is 20.8 Å². The minimum atomic E-state index is -3.55. The maximum atomic E-state index is 14.2. The summed E-state index contributed by atoms with van der Waals surface area (Å²) in [5.41, 5.74) is -1.70. The number of hydrogen-bond acceptors (Lipinski definition) is 7. The highest BCUT2D eigenvalue weighted by molar-refractivity contribution is 7.92. The molecule has 0 spiro atoms. The van der Waals surface area contributed by atoms with Gasteiger partial charge < -0.3 is 26.2 Å². The second-order valence-corrected chi connectivity index (χ2v) is 19.0. The van der Waals surface area contributed by atoms with Crippen molar-refractivity contribution in [1.29, 1.82) is 0 Å². The van der Waals surface area contributed by atoms with Gasteiger partial charge >= 0.3 is 6.03 Å². The number of rotatable bonds is 13. The van der Waals surface area contributed by atoms with Crippen LogP contribution in [0.1, 0.15) is 126 Å². The van der Waals surface area contributed by atoms with Crippen molar-refractivity contribution in [3.63, 3.8) is 0 Å². The summed E-state index contributed by atoms with van der Waals surface area (Å²) in [5.74, 6) is -2.51. The fourth-order valence-corrected chi connectivity index (χ4v) is 7.98. The van der Waals surface area contributed by atoms with Crippen LogP contribution in [0.15, 0.2) is 0 Å². The number of sulfone groups is 1. The van der Waals surface area contributed by atoms with E-state index in [0.717, 1.165) is 38.5 Å². The molecule has 0 aromatic rings. The van der Waals surface area contributed by atoms with Crippen molar-refractivity contribution in [2.75, 3.05) is 12.3 Å². The van der Waals surface area contributed by atoms with Gasteiger partial charge in [-0.15, -0.1) is 0 Å². The van der Waals surface area contributed by atoms with Crippen molar-refractivity contribution < 1.29 is 32.4 Å². The number of hydrogen-bond donors (Lipinski definition) is 4. The van der Waals surface area contributed by atoms with Crippen LogP contribution in [0, 0.1) is 11.3 Å². The van der Waals surface area contributed by atoms with Gasteiger partial charge in [-0.25, -0.2) is 13.2 Å².